The fourth-order valence-corrected chi connectivity index (χ4v) is 2.30. The van der Waals surface area contributed by atoms with Crippen LogP contribution in [0.25, 0.3) is 11.1 Å². The molecule has 0 unspecified atom stereocenters. The molecule has 3 rings (SSSR count). The Labute approximate surface area is 125 Å². The molecule has 0 aliphatic rings. The Morgan fingerprint density at radius 1 is 0.619 bits per heavy atom. The predicted octanol–water partition coefficient (Wildman–Crippen LogP) is 4.04. The van der Waals surface area contributed by atoms with E-state index >= 15 is 0 Å². The van der Waals surface area contributed by atoms with E-state index in [2.05, 4.69) is 58.8 Å². The molecule has 2 heteroatoms. The third-order valence-electron chi connectivity index (χ3n) is 3.47. The SMILES string of the molecule is c1ccc(-c2ccc(CNCc3ccncc3)cc2)cc1. The monoisotopic (exact) mass is 274 g/mol. The second-order valence-corrected chi connectivity index (χ2v) is 5.02. The normalized spacial score (nSPS) is 10.5. The largest absolute Gasteiger partial charge is 0.309 e. The highest BCUT2D eigenvalue weighted by atomic mass is 14.8. The lowest BCUT2D eigenvalue weighted by molar-refractivity contribution is 0.693. The molecule has 0 bridgehead atoms. The Morgan fingerprint density at radius 3 is 1.86 bits per heavy atom. The average molecular weight is 274 g/mol. The van der Waals surface area contributed by atoms with Crippen LogP contribution in [0.5, 0.6) is 0 Å². The van der Waals surface area contributed by atoms with E-state index in [4.69, 9.17) is 0 Å². The maximum absolute atomic E-state index is 4.02. The van der Waals surface area contributed by atoms with Crippen molar-refractivity contribution in [3.05, 3.63) is 90.3 Å². The second kappa shape index (κ2) is 6.82. The van der Waals surface area contributed by atoms with Crippen LogP contribution >= 0.6 is 0 Å². The van der Waals surface area contributed by atoms with Crippen molar-refractivity contribution in [2.24, 2.45) is 0 Å². The van der Waals surface area contributed by atoms with Crippen LogP contribution in [-0.4, -0.2) is 4.98 Å². The zero-order valence-electron chi connectivity index (χ0n) is 11.9. The van der Waals surface area contributed by atoms with Gasteiger partial charge >= 0.3 is 0 Å². The molecule has 0 aliphatic carbocycles. The molecule has 0 radical (unpaired) electrons. The lowest BCUT2D eigenvalue weighted by Crippen LogP contribution is -2.12. The van der Waals surface area contributed by atoms with Crippen molar-refractivity contribution in [3.8, 4) is 11.1 Å². The van der Waals surface area contributed by atoms with E-state index in [1.807, 2.05) is 30.6 Å². The number of aromatic nitrogens is 1. The molecule has 0 atom stereocenters. The van der Waals surface area contributed by atoms with Crippen molar-refractivity contribution in [1.29, 1.82) is 0 Å². The molecule has 0 spiro atoms. The Morgan fingerprint density at radius 2 is 1.19 bits per heavy atom. The van der Waals surface area contributed by atoms with E-state index in [-0.39, 0.29) is 0 Å². The Bertz CT molecular complexity index is 661. The predicted molar refractivity (Wildman–Crippen MR) is 86.7 cm³/mol. The van der Waals surface area contributed by atoms with Gasteiger partial charge in [0.2, 0.25) is 0 Å². The molecule has 2 nitrogen and oxygen atoms in total. The summed E-state index contributed by atoms with van der Waals surface area (Å²) in [6, 6.07) is 23.2. The van der Waals surface area contributed by atoms with Gasteiger partial charge in [0.05, 0.1) is 0 Å². The van der Waals surface area contributed by atoms with Crippen molar-refractivity contribution >= 4 is 0 Å². The van der Waals surface area contributed by atoms with E-state index in [1.54, 1.807) is 0 Å². The summed E-state index contributed by atoms with van der Waals surface area (Å²) < 4.78 is 0. The number of nitrogens with zero attached hydrogens (tertiary/aromatic N) is 1. The standard InChI is InChI=1S/C19H18N2/c1-2-4-18(5-3-1)19-8-6-16(7-9-19)14-21-15-17-10-12-20-13-11-17/h1-13,21H,14-15H2. The van der Waals surface area contributed by atoms with Gasteiger partial charge in [-0.25, -0.2) is 0 Å². The van der Waals surface area contributed by atoms with Crippen molar-refractivity contribution in [3.63, 3.8) is 0 Å². The molecule has 1 heterocycles. The van der Waals surface area contributed by atoms with Crippen LogP contribution in [0.1, 0.15) is 11.1 Å². The summed E-state index contributed by atoms with van der Waals surface area (Å²) in [5, 5.41) is 3.45. The molecule has 0 saturated heterocycles. The minimum absolute atomic E-state index is 0.864. The molecule has 1 aromatic heterocycles. The zero-order valence-corrected chi connectivity index (χ0v) is 11.9. The van der Waals surface area contributed by atoms with Gasteiger partial charge in [0.25, 0.3) is 0 Å². The van der Waals surface area contributed by atoms with Gasteiger partial charge in [0, 0.05) is 25.5 Å². The molecule has 0 amide bonds. The first-order valence-corrected chi connectivity index (χ1v) is 7.16. The van der Waals surface area contributed by atoms with Crippen LogP contribution < -0.4 is 5.32 Å². The molecule has 0 aliphatic heterocycles. The summed E-state index contributed by atoms with van der Waals surface area (Å²) >= 11 is 0. The van der Waals surface area contributed by atoms with Crippen LogP contribution in [0, 0.1) is 0 Å². The first-order valence-electron chi connectivity index (χ1n) is 7.16. The molecular weight excluding hydrogens is 256 g/mol. The Hall–Kier alpha value is -2.45. The molecule has 1 N–H and O–H groups in total. The minimum Gasteiger partial charge on any atom is -0.309 e. The first-order chi connectivity index (χ1) is 10.4. The Balaban J connectivity index is 1.58. The van der Waals surface area contributed by atoms with Crippen molar-refractivity contribution in [2.45, 2.75) is 13.1 Å². The molecule has 0 saturated carbocycles. The molecular formula is C19H18N2. The van der Waals surface area contributed by atoms with Gasteiger partial charge in [0.1, 0.15) is 0 Å². The van der Waals surface area contributed by atoms with Crippen molar-refractivity contribution in [2.75, 3.05) is 0 Å². The van der Waals surface area contributed by atoms with Gasteiger partial charge in [-0.3, -0.25) is 4.98 Å². The topological polar surface area (TPSA) is 24.9 Å². The Kier molecular flexibility index (Phi) is 4.39. The quantitative estimate of drug-likeness (QED) is 0.759. The van der Waals surface area contributed by atoms with Crippen LogP contribution in [0.2, 0.25) is 0 Å². The van der Waals surface area contributed by atoms with E-state index in [1.165, 1.54) is 22.3 Å². The highest BCUT2D eigenvalue weighted by molar-refractivity contribution is 5.63. The third-order valence-corrected chi connectivity index (χ3v) is 3.47. The molecule has 2 aromatic carbocycles. The lowest BCUT2D eigenvalue weighted by atomic mass is 10.0. The van der Waals surface area contributed by atoms with E-state index < -0.39 is 0 Å². The number of hydrogen-bond donors (Lipinski definition) is 1. The summed E-state index contributed by atoms with van der Waals surface area (Å²) in [5.74, 6) is 0. The van der Waals surface area contributed by atoms with Crippen LogP contribution in [0.4, 0.5) is 0 Å². The summed E-state index contributed by atoms with van der Waals surface area (Å²) in [6.07, 6.45) is 3.65. The lowest BCUT2D eigenvalue weighted by Gasteiger charge is -2.06. The van der Waals surface area contributed by atoms with Gasteiger partial charge < -0.3 is 5.32 Å². The summed E-state index contributed by atoms with van der Waals surface area (Å²) in [4.78, 5) is 4.02. The van der Waals surface area contributed by atoms with Gasteiger partial charge in [-0.05, 0) is 34.4 Å². The van der Waals surface area contributed by atoms with Crippen molar-refractivity contribution in [1.82, 2.24) is 10.3 Å². The highest BCUT2D eigenvalue weighted by Crippen LogP contribution is 2.19. The van der Waals surface area contributed by atoms with Crippen LogP contribution in [-0.2, 0) is 13.1 Å². The first kappa shape index (κ1) is 13.5. The smallest absolute Gasteiger partial charge is 0.0271 e. The fourth-order valence-electron chi connectivity index (χ4n) is 2.30. The summed E-state index contributed by atoms with van der Waals surface area (Å²) in [7, 11) is 0. The highest BCUT2D eigenvalue weighted by Gasteiger charge is 1.98. The summed E-state index contributed by atoms with van der Waals surface area (Å²) in [6.45, 7) is 1.74. The fraction of sp³-hybridized carbons (Fsp3) is 0.105. The van der Waals surface area contributed by atoms with Gasteiger partial charge in [0.15, 0.2) is 0 Å². The van der Waals surface area contributed by atoms with Crippen LogP contribution in [0.3, 0.4) is 0 Å². The third kappa shape index (κ3) is 3.77. The molecule has 3 aromatic rings. The van der Waals surface area contributed by atoms with Crippen molar-refractivity contribution < 1.29 is 0 Å². The number of benzene rings is 2. The van der Waals surface area contributed by atoms with Gasteiger partial charge in [-0.1, -0.05) is 54.6 Å². The zero-order chi connectivity index (χ0) is 14.3. The maximum atomic E-state index is 4.02. The molecule has 104 valence electrons. The minimum atomic E-state index is 0.864. The number of pyridine rings is 1. The van der Waals surface area contributed by atoms with E-state index in [0.717, 1.165) is 13.1 Å². The average Bonchev–Trinajstić information content (AvgIpc) is 2.57. The molecule has 21 heavy (non-hydrogen) atoms. The van der Waals surface area contributed by atoms with E-state index in [0.29, 0.717) is 0 Å². The van der Waals surface area contributed by atoms with Gasteiger partial charge in [-0.15, -0.1) is 0 Å². The second-order valence-electron chi connectivity index (χ2n) is 5.02. The number of rotatable bonds is 5. The van der Waals surface area contributed by atoms with Crippen LogP contribution in [0.15, 0.2) is 79.1 Å². The number of nitrogens with one attached hydrogen (secondary N) is 1. The van der Waals surface area contributed by atoms with E-state index in [9.17, 15) is 0 Å². The number of hydrogen-bond acceptors (Lipinski definition) is 2. The maximum Gasteiger partial charge on any atom is 0.0271 e. The van der Waals surface area contributed by atoms with Gasteiger partial charge in [-0.2, -0.15) is 0 Å². The summed E-state index contributed by atoms with van der Waals surface area (Å²) in [5.41, 5.74) is 5.07. The molecule has 0 fully saturated rings.